The lowest BCUT2D eigenvalue weighted by atomic mass is 10.2. The summed E-state index contributed by atoms with van der Waals surface area (Å²) in [5.41, 5.74) is 0.786. The molecule has 0 aliphatic rings. The molecule has 0 bridgehead atoms. The van der Waals surface area contributed by atoms with E-state index < -0.39 is 5.97 Å². The van der Waals surface area contributed by atoms with E-state index in [4.69, 9.17) is 9.47 Å². The molecule has 0 saturated heterocycles. The molecule has 18 heavy (non-hydrogen) atoms. The first-order chi connectivity index (χ1) is 8.70. The highest BCUT2D eigenvalue weighted by atomic mass is 16.5. The van der Waals surface area contributed by atoms with E-state index in [1.54, 1.807) is 7.11 Å². The summed E-state index contributed by atoms with van der Waals surface area (Å²) in [7, 11) is 1.59. The van der Waals surface area contributed by atoms with Gasteiger partial charge in [-0.05, 0) is 12.1 Å². The second-order valence-electron chi connectivity index (χ2n) is 3.54. The Labute approximate surface area is 104 Å². The molecule has 0 saturated carbocycles. The van der Waals surface area contributed by atoms with Gasteiger partial charge in [-0.1, -0.05) is 12.1 Å². The Morgan fingerprint density at radius 1 is 1.17 bits per heavy atom. The normalized spacial score (nSPS) is 9.89. The number of benzene rings is 1. The summed E-state index contributed by atoms with van der Waals surface area (Å²) in [6, 6.07) is 7.44. The molecule has 0 atom stereocenters. The number of ether oxygens (including phenoxy) is 2. The number of hydrogen-bond acceptors (Lipinski definition) is 5. The number of para-hydroxylation sites is 1. The van der Waals surface area contributed by atoms with Gasteiger partial charge in [-0.15, -0.1) is 0 Å². The molecular weight excluding hydrogens is 232 g/mol. The Morgan fingerprint density at radius 2 is 1.83 bits per heavy atom. The Kier molecular flexibility index (Phi) is 3.52. The van der Waals surface area contributed by atoms with Crippen molar-refractivity contribution in [2.75, 3.05) is 7.11 Å². The highest BCUT2D eigenvalue weighted by Crippen LogP contribution is 2.26. The summed E-state index contributed by atoms with van der Waals surface area (Å²) < 4.78 is 10.1. The van der Waals surface area contributed by atoms with Crippen LogP contribution in [0.25, 0.3) is 11.4 Å². The Balaban J connectivity index is 2.31. The summed E-state index contributed by atoms with van der Waals surface area (Å²) in [5.74, 6) is 1.13. The van der Waals surface area contributed by atoms with Gasteiger partial charge in [0.15, 0.2) is 11.6 Å². The molecule has 0 radical (unpaired) electrons. The maximum atomic E-state index is 10.8. The van der Waals surface area contributed by atoms with E-state index >= 15 is 0 Å². The summed E-state index contributed by atoms with van der Waals surface area (Å²) in [5, 5.41) is 0. The third-order valence-corrected chi connectivity index (χ3v) is 2.24. The smallest absolute Gasteiger partial charge is 0.308 e. The average Bonchev–Trinajstić information content (AvgIpc) is 2.39. The van der Waals surface area contributed by atoms with Gasteiger partial charge in [0.1, 0.15) is 5.75 Å². The average molecular weight is 244 g/mol. The second kappa shape index (κ2) is 5.27. The molecular formula is C13H12N2O3. The molecule has 1 heterocycles. The standard InChI is InChI=1S/C13H12N2O3/c1-9(16)18-10-7-14-13(15-8-10)11-5-3-4-6-12(11)17-2/h3-8H,1-2H3. The number of nitrogens with zero attached hydrogens (tertiary/aromatic N) is 2. The molecule has 5 heteroatoms. The van der Waals surface area contributed by atoms with Crippen LogP contribution < -0.4 is 9.47 Å². The van der Waals surface area contributed by atoms with Crippen LogP contribution in [0.2, 0.25) is 0 Å². The van der Waals surface area contributed by atoms with Gasteiger partial charge < -0.3 is 9.47 Å². The largest absolute Gasteiger partial charge is 0.496 e. The predicted octanol–water partition coefficient (Wildman–Crippen LogP) is 2.08. The van der Waals surface area contributed by atoms with E-state index in [2.05, 4.69) is 9.97 Å². The third-order valence-electron chi connectivity index (χ3n) is 2.24. The first kappa shape index (κ1) is 12.0. The summed E-state index contributed by atoms with van der Waals surface area (Å²) in [6.45, 7) is 1.33. The number of methoxy groups -OCH3 is 1. The van der Waals surface area contributed by atoms with Crippen molar-refractivity contribution in [1.29, 1.82) is 0 Å². The molecule has 0 amide bonds. The first-order valence-electron chi connectivity index (χ1n) is 5.34. The van der Waals surface area contributed by atoms with Crippen LogP contribution in [0.5, 0.6) is 11.5 Å². The fourth-order valence-electron chi connectivity index (χ4n) is 1.50. The molecule has 1 aromatic carbocycles. The quantitative estimate of drug-likeness (QED) is 0.773. The summed E-state index contributed by atoms with van der Waals surface area (Å²) >= 11 is 0. The number of hydrogen-bond donors (Lipinski definition) is 0. The predicted molar refractivity (Wildman–Crippen MR) is 65.3 cm³/mol. The fourth-order valence-corrected chi connectivity index (χ4v) is 1.50. The summed E-state index contributed by atoms with van der Waals surface area (Å²) in [4.78, 5) is 19.1. The molecule has 0 N–H and O–H groups in total. The second-order valence-corrected chi connectivity index (χ2v) is 3.54. The van der Waals surface area contributed by atoms with Gasteiger partial charge in [0.2, 0.25) is 0 Å². The van der Waals surface area contributed by atoms with E-state index in [1.165, 1.54) is 19.3 Å². The minimum atomic E-state index is -0.399. The van der Waals surface area contributed by atoms with Crippen molar-refractivity contribution in [3.8, 4) is 22.9 Å². The maximum absolute atomic E-state index is 10.8. The van der Waals surface area contributed by atoms with Gasteiger partial charge in [0.05, 0.1) is 25.1 Å². The Hall–Kier alpha value is -2.43. The lowest BCUT2D eigenvalue weighted by Gasteiger charge is -2.07. The number of esters is 1. The zero-order chi connectivity index (χ0) is 13.0. The zero-order valence-corrected chi connectivity index (χ0v) is 10.1. The number of rotatable bonds is 3. The van der Waals surface area contributed by atoms with Gasteiger partial charge in [-0.3, -0.25) is 4.79 Å². The highest BCUT2D eigenvalue weighted by Gasteiger charge is 2.08. The van der Waals surface area contributed by atoms with Gasteiger partial charge in [-0.25, -0.2) is 9.97 Å². The lowest BCUT2D eigenvalue weighted by molar-refractivity contribution is -0.131. The van der Waals surface area contributed by atoms with Crippen LogP contribution in [0.3, 0.4) is 0 Å². The van der Waals surface area contributed by atoms with Crippen molar-refractivity contribution in [3.63, 3.8) is 0 Å². The molecule has 5 nitrogen and oxygen atoms in total. The zero-order valence-electron chi connectivity index (χ0n) is 10.1. The van der Waals surface area contributed by atoms with Crippen molar-refractivity contribution in [2.24, 2.45) is 0 Å². The van der Waals surface area contributed by atoms with E-state index in [0.29, 0.717) is 17.3 Å². The van der Waals surface area contributed by atoms with E-state index in [0.717, 1.165) is 5.56 Å². The topological polar surface area (TPSA) is 61.3 Å². The van der Waals surface area contributed by atoms with Crippen LogP contribution >= 0.6 is 0 Å². The molecule has 1 aromatic heterocycles. The van der Waals surface area contributed by atoms with Crippen LogP contribution in [0.15, 0.2) is 36.7 Å². The third kappa shape index (κ3) is 2.63. The molecule has 92 valence electrons. The van der Waals surface area contributed by atoms with Crippen molar-refractivity contribution >= 4 is 5.97 Å². The molecule has 0 unspecified atom stereocenters. The van der Waals surface area contributed by atoms with Crippen LogP contribution in [0.4, 0.5) is 0 Å². The molecule has 2 aromatic rings. The molecule has 0 aliphatic carbocycles. The van der Waals surface area contributed by atoms with Crippen molar-refractivity contribution in [3.05, 3.63) is 36.7 Å². The van der Waals surface area contributed by atoms with Gasteiger partial charge in [0, 0.05) is 6.92 Å². The van der Waals surface area contributed by atoms with Crippen LogP contribution in [-0.4, -0.2) is 23.0 Å². The molecule has 0 fully saturated rings. The van der Waals surface area contributed by atoms with Gasteiger partial charge in [-0.2, -0.15) is 0 Å². The van der Waals surface area contributed by atoms with Crippen LogP contribution in [-0.2, 0) is 4.79 Å². The first-order valence-corrected chi connectivity index (χ1v) is 5.34. The number of aromatic nitrogens is 2. The minimum absolute atomic E-state index is 0.321. The lowest BCUT2D eigenvalue weighted by Crippen LogP contribution is -2.02. The minimum Gasteiger partial charge on any atom is -0.496 e. The van der Waals surface area contributed by atoms with Gasteiger partial charge in [0.25, 0.3) is 0 Å². The summed E-state index contributed by atoms with van der Waals surface area (Å²) in [6.07, 6.45) is 2.91. The monoisotopic (exact) mass is 244 g/mol. The molecule has 0 spiro atoms. The van der Waals surface area contributed by atoms with Crippen LogP contribution in [0, 0.1) is 0 Å². The Morgan fingerprint density at radius 3 is 2.44 bits per heavy atom. The Bertz CT molecular complexity index is 552. The van der Waals surface area contributed by atoms with E-state index in [-0.39, 0.29) is 0 Å². The van der Waals surface area contributed by atoms with Crippen molar-refractivity contribution in [1.82, 2.24) is 9.97 Å². The maximum Gasteiger partial charge on any atom is 0.308 e. The molecule has 0 aliphatic heterocycles. The van der Waals surface area contributed by atoms with Gasteiger partial charge >= 0.3 is 5.97 Å². The van der Waals surface area contributed by atoms with E-state index in [1.807, 2.05) is 24.3 Å². The SMILES string of the molecule is COc1ccccc1-c1ncc(OC(C)=O)cn1. The fraction of sp³-hybridized carbons (Fsp3) is 0.154. The van der Waals surface area contributed by atoms with Crippen molar-refractivity contribution in [2.45, 2.75) is 6.92 Å². The van der Waals surface area contributed by atoms with Crippen LogP contribution in [0.1, 0.15) is 6.92 Å². The highest BCUT2D eigenvalue weighted by molar-refractivity contribution is 5.69. The van der Waals surface area contributed by atoms with Crippen molar-refractivity contribution < 1.29 is 14.3 Å². The number of carbonyl (C=O) groups excluding carboxylic acids is 1. The van der Waals surface area contributed by atoms with E-state index in [9.17, 15) is 4.79 Å². The number of carbonyl (C=O) groups is 1. The molecule has 2 rings (SSSR count).